The van der Waals surface area contributed by atoms with Crippen LogP contribution in [-0.4, -0.2) is 37.2 Å². The monoisotopic (exact) mass is 333 g/mol. The van der Waals surface area contributed by atoms with Crippen LogP contribution in [0, 0.1) is 6.92 Å². The summed E-state index contributed by atoms with van der Waals surface area (Å²) in [5, 5.41) is 8.56. The van der Waals surface area contributed by atoms with Gasteiger partial charge in [-0.25, -0.2) is 4.79 Å². The molecule has 1 aromatic carbocycles. The molecular weight excluding hydrogens is 306 g/mol. The lowest BCUT2D eigenvalue weighted by molar-refractivity contribution is 0.0939. The number of rotatable bonds is 6. The molecule has 24 heavy (non-hydrogen) atoms. The van der Waals surface area contributed by atoms with E-state index in [4.69, 9.17) is 4.74 Å². The normalized spacial score (nSPS) is 18.0. The number of anilines is 1. The molecule has 1 aliphatic heterocycles. The van der Waals surface area contributed by atoms with Crippen molar-refractivity contribution in [2.45, 2.75) is 52.2 Å². The van der Waals surface area contributed by atoms with E-state index in [1.807, 2.05) is 20.8 Å². The summed E-state index contributed by atoms with van der Waals surface area (Å²) < 4.78 is 5.47. The Bertz CT molecular complexity index is 583. The Hall–Kier alpha value is -2.08. The molecule has 0 spiro atoms. The minimum Gasteiger partial charge on any atom is -0.376 e. The van der Waals surface area contributed by atoms with E-state index < -0.39 is 0 Å². The lowest BCUT2D eigenvalue weighted by Gasteiger charge is -2.14. The van der Waals surface area contributed by atoms with E-state index in [9.17, 15) is 9.59 Å². The fraction of sp³-hybridized carbons (Fsp3) is 0.556. The Morgan fingerprint density at radius 2 is 2.17 bits per heavy atom. The van der Waals surface area contributed by atoms with Gasteiger partial charge in [0.25, 0.3) is 5.91 Å². The molecule has 1 heterocycles. The number of hydrogen-bond acceptors (Lipinski definition) is 3. The van der Waals surface area contributed by atoms with E-state index in [1.165, 1.54) is 0 Å². The van der Waals surface area contributed by atoms with E-state index in [0.717, 1.165) is 31.4 Å². The molecule has 1 aromatic rings. The number of carbonyl (C=O) groups excluding carboxylic acids is 2. The largest absolute Gasteiger partial charge is 0.376 e. The summed E-state index contributed by atoms with van der Waals surface area (Å²) in [5.74, 6) is -0.0955. The predicted octanol–water partition coefficient (Wildman–Crippen LogP) is 2.82. The highest BCUT2D eigenvalue weighted by Gasteiger charge is 2.16. The highest BCUT2D eigenvalue weighted by Crippen LogP contribution is 2.17. The highest BCUT2D eigenvalue weighted by atomic mass is 16.5. The molecule has 2 atom stereocenters. The molecule has 0 bridgehead atoms. The van der Waals surface area contributed by atoms with Gasteiger partial charge in [0, 0.05) is 30.4 Å². The Labute approximate surface area is 143 Å². The van der Waals surface area contributed by atoms with Crippen molar-refractivity contribution in [1.82, 2.24) is 10.6 Å². The Morgan fingerprint density at radius 3 is 2.79 bits per heavy atom. The van der Waals surface area contributed by atoms with Crippen LogP contribution < -0.4 is 16.0 Å². The van der Waals surface area contributed by atoms with E-state index in [2.05, 4.69) is 16.0 Å². The number of nitrogens with one attached hydrogen (secondary N) is 3. The third-order valence-corrected chi connectivity index (χ3v) is 4.24. The molecule has 1 aliphatic rings. The molecule has 6 nitrogen and oxygen atoms in total. The van der Waals surface area contributed by atoms with Crippen molar-refractivity contribution < 1.29 is 14.3 Å². The maximum Gasteiger partial charge on any atom is 0.319 e. The minimum atomic E-state index is -0.259. The summed E-state index contributed by atoms with van der Waals surface area (Å²) in [4.78, 5) is 24.1. The Morgan fingerprint density at radius 1 is 1.38 bits per heavy atom. The molecule has 2 rings (SSSR count). The van der Waals surface area contributed by atoms with E-state index >= 15 is 0 Å². The van der Waals surface area contributed by atoms with Gasteiger partial charge in [0.2, 0.25) is 0 Å². The summed E-state index contributed by atoms with van der Waals surface area (Å²) in [6.45, 7) is 7.15. The zero-order valence-corrected chi connectivity index (χ0v) is 14.6. The Balaban J connectivity index is 1.89. The molecular formula is C18H27N3O3. The molecule has 132 valence electrons. The van der Waals surface area contributed by atoms with Crippen molar-refractivity contribution in [3.05, 3.63) is 29.3 Å². The van der Waals surface area contributed by atoms with Crippen LogP contribution in [0.3, 0.4) is 0 Å². The van der Waals surface area contributed by atoms with Crippen LogP contribution in [0.25, 0.3) is 0 Å². The zero-order valence-electron chi connectivity index (χ0n) is 14.6. The van der Waals surface area contributed by atoms with Gasteiger partial charge in [-0.3, -0.25) is 4.79 Å². The lowest BCUT2D eigenvalue weighted by atomic mass is 10.1. The first-order valence-electron chi connectivity index (χ1n) is 8.57. The van der Waals surface area contributed by atoms with E-state index in [1.54, 1.807) is 18.2 Å². The van der Waals surface area contributed by atoms with E-state index in [0.29, 0.717) is 17.8 Å². The van der Waals surface area contributed by atoms with Crippen LogP contribution >= 0.6 is 0 Å². The van der Waals surface area contributed by atoms with Gasteiger partial charge in [0.1, 0.15) is 0 Å². The van der Waals surface area contributed by atoms with Gasteiger partial charge in [-0.2, -0.15) is 0 Å². The zero-order chi connectivity index (χ0) is 17.5. The average molecular weight is 333 g/mol. The van der Waals surface area contributed by atoms with Crippen molar-refractivity contribution in [3.63, 3.8) is 0 Å². The first-order chi connectivity index (χ1) is 11.5. The van der Waals surface area contributed by atoms with Gasteiger partial charge in [-0.15, -0.1) is 0 Å². The number of ether oxygens (including phenoxy) is 1. The number of carbonyl (C=O) groups is 2. The van der Waals surface area contributed by atoms with Crippen molar-refractivity contribution in [3.8, 4) is 0 Å². The fourth-order valence-electron chi connectivity index (χ4n) is 2.53. The summed E-state index contributed by atoms with van der Waals surface area (Å²) in [6.07, 6.45) is 3.03. The molecule has 6 heteroatoms. The molecule has 3 N–H and O–H groups in total. The standard InChI is InChI=1S/C18H27N3O3/c1-4-13(3)20-17(22)14-7-8-16(12(2)10-14)21-18(23)19-11-15-6-5-9-24-15/h7-8,10,13,15H,4-6,9,11H2,1-3H3,(H,20,22)(H2,19,21,23)/t13-,15+/m0/s1. The quantitative estimate of drug-likeness (QED) is 0.749. The van der Waals surface area contributed by atoms with Crippen molar-refractivity contribution in [1.29, 1.82) is 0 Å². The van der Waals surface area contributed by atoms with Crippen LogP contribution in [0.15, 0.2) is 18.2 Å². The summed E-state index contributed by atoms with van der Waals surface area (Å²) in [5.41, 5.74) is 2.14. The molecule has 0 radical (unpaired) electrons. The minimum absolute atomic E-state index is 0.0955. The van der Waals surface area contributed by atoms with Crippen LogP contribution in [-0.2, 0) is 4.74 Å². The number of urea groups is 1. The van der Waals surface area contributed by atoms with E-state index in [-0.39, 0.29) is 24.1 Å². The fourth-order valence-corrected chi connectivity index (χ4v) is 2.53. The number of amides is 3. The van der Waals surface area contributed by atoms with Crippen molar-refractivity contribution >= 4 is 17.6 Å². The summed E-state index contributed by atoms with van der Waals surface area (Å²) >= 11 is 0. The second-order valence-electron chi connectivity index (χ2n) is 6.28. The maximum atomic E-state index is 12.1. The maximum absolute atomic E-state index is 12.1. The third kappa shape index (κ3) is 5.23. The van der Waals surface area contributed by atoms with Gasteiger partial charge >= 0.3 is 6.03 Å². The number of hydrogen-bond donors (Lipinski definition) is 3. The van der Waals surface area contributed by atoms with Crippen LogP contribution in [0.5, 0.6) is 0 Å². The molecule has 0 saturated carbocycles. The van der Waals surface area contributed by atoms with Gasteiger partial charge in [0.15, 0.2) is 0 Å². The first kappa shape index (κ1) is 18.3. The van der Waals surface area contributed by atoms with Gasteiger partial charge in [-0.05, 0) is 56.9 Å². The molecule has 0 aromatic heterocycles. The third-order valence-electron chi connectivity index (χ3n) is 4.24. The number of aryl methyl sites for hydroxylation is 1. The molecule has 1 saturated heterocycles. The van der Waals surface area contributed by atoms with Crippen LogP contribution in [0.4, 0.5) is 10.5 Å². The van der Waals surface area contributed by atoms with Crippen LogP contribution in [0.2, 0.25) is 0 Å². The number of benzene rings is 1. The predicted molar refractivity (Wildman–Crippen MR) is 94.4 cm³/mol. The SMILES string of the molecule is CC[C@H](C)NC(=O)c1ccc(NC(=O)NC[C@H]2CCCO2)c(C)c1. The molecule has 0 aliphatic carbocycles. The molecule has 1 fully saturated rings. The second kappa shape index (κ2) is 8.68. The van der Waals surface area contributed by atoms with Gasteiger partial charge in [0.05, 0.1) is 6.10 Å². The second-order valence-corrected chi connectivity index (χ2v) is 6.28. The first-order valence-corrected chi connectivity index (χ1v) is 8.57. The van der Waals surface area contributed by atoms with Crippen LogP contribution in [0.1, 0.15) is 49.0 Å². The highest BCUT2D eigenvalue weighted by molar-refractivity contribution is 5.96. The van der Waals surface area contributed by atoms with Crippen molar-refractivity contribution in [2.24, 2.45) is 0 Å². The average Bonchev–Trinajstić information content (AvgIpc) is 3.08. The van der Waals surface area contributed by atoms with Gasteiger partial charge in [-0.1, -0.05) is 6.92 Å². The lowest BCUT2D eigenvalue weighted by Crippen LogP contribution is -2.35. The van der Waals surface area contributed by atoms with Crippen molar-refractivity contribution in [2.75, 3.05) is 18.5 Å². The molecule has 3 amide bonds. The Kier molecular flexibility index (Phi) is 6.61. The summed E-state index contributed by atoms with van der Waals surface area (Å²) in [6, 6.07) is 5.14. The topological polar surface area (TPSA) is 79.5 Å². The van der Waals surface area contributed by atoms with Gasteiger partial charge < -0.3 is 20.7 Å². The summed E-state index contributed by atoms with van der Waals surface area (Å²) in [7, 11) is 0. The molecule has 0 unspecified atom stereocenters. The smallest absolute Gasteiger partial charge is 0.319 e.